The van der Waals surface area contributed by atoms with Crippen molar-refractivity contribution in [2.75, 3.05) is 7.05 Å². The molecule has 4 N–H and O–H groups in total. The lowest BCUT2D eigenvalue weighted by Gasteiger charge is -2.39. The summed E-state index contributed by atoms with van der Waals surface area (Å²) in [5.41, 5.74) is 1.68. The van der Waals surface area contributed by atoms with Crippen LogP contribution < -0.4 is 16.6 Å². The SMILES string of the molecule is CNC(=O)C(C)(C)C(C)(C)NN. The summed E-state index contributed by atoms with van der Waals surface area (Å²) in [6, 6.07) is 0. The molecule has 0 aliphatic carbocycles. The van der Waals surface area contributed by atoms with E-state index in [4.69, 9.17) is 5.84 Å². The minimum Gasteiger partial charge on any atom is -0.359 e. The van der Waals surface area contributed by atoms with Crippen LogP contribution in [0.3, 0.4) is 0 Å². The summed E-state index contributed by atoms with van der Waals surface area (Å²) in [7, 11) is 1.62. The minimum absolute atomic E-state index is 0.0227. The molecule has 72 valence electrons. The standard InChI is InChI=1S/C8H19N3O/c1-7(2,6(12)10-5)8(3,4)11-9/h11H,9H2,1-5H3,(H,10,12). The minimum atomic E-state index is -0.531. The highest BCUT2D eigenvalue weighted by atomic mass is 16.2. The van der Waals surface area contributed by atoms with Crippen LogP contribution in [0.4, 0.5) is 0 Å². The van der Waals surface area contributed by atoms with Gasteiger partial charge in [0.05, 0.1) is 5.41 Å². The number of nitrogens with two attached hydrogens (primary N) is 1. The summed E-state index contributed by atoms with van der Waals surface area (Å²) >= 11 is 0. The van der Waals surface area contributed by atoms with Gasteiger partial charge in [-0.15, -0.1) is 0 Å². The topological polar surface area (TPSA) is 67.2 Å². The summed E-state index contributed by atoms with van der Waals surface area (Å²) in [5.74, 6) is 5.33. The number of amides is 1. The van der Waals surface area contributed by atoms with E-state index in [1.54, 1.807) is 7.05 Å². The second kappa shape index (κ2) is 3.41. The zero-order chi connectivity index (χ0) is 9.99. The monoisotopic (exact) mass is 173 g/mol. The van der Waals surface area contributed by atoms with Crippen molar-refractivity contribution in [2.45, 2.75) is 33.2 Å². The van der Waals surface area contributed by atoms with Crippen LogP contribution in [0.15, 0.2) is 0 Å². The fraction of sp³-hybridized carbons (Fsp3) is 0.875. The van der Waals surface area contributed by atoms with Gasteiger partial charge in [-0.05, 0) is 27.7 Å². The lowest BCUT2D eigenvalue weighted by atomic mass is 9.74. The van der Waals surface area contributed by atoms with Gasteiger partial charge in [-0.2, -0.15) is 0 Å². The largest absolute Gasteiger partial charge is 0.359 e. The van der Waals surface area contributed by atoms with E-state index in [0.29, 0.717) is 0 Å². The number of carbonyl (C=O) groups excluding carboxylic acids is 1. The molecular formula is C8H19N3O. The molecule has 0 atom stereocenters. The highest BCUT2D eigenvalue weighted by Gasteiger charge is 2.41. The summed E-state index contributed by atoms with van der Waals surface area (Å²) in [5, 5.41) is 2.61. The third kappa shape index (κ3) is 1.76. The van der Waals surface area contributed by atoms with Crippen molar-refractivity contribution >= 4 is 5.91 Å². The highest BCUT2D eigenvalue weighted by molar-refractivity contribution is 5.82. The molecule has 0 heterocycles. The first kappa shape index (κ1) is 11.4. The molecule has 0 fully saturated rings. The molecule has 0 radical (unpaired) electrons. The fourth-order valence-corrected chi connectivity index (χ4v) is 0.777. The first-order valence-electron chi connectivity index (χ1n) is 3.99. The molecule has 4 nitrogen and oxygen atoms in total. The quantitative estimate of drug-likeness (QED) is 0.416. The molecule has 0 saturated heterocycles. The summed E-state index contributed by atoms with van der Waals surface area (Å²) in [6.07, 6.45) is 0. The molecule has 12 heavy (non-hydrogen) atoms. The van der Waals surface area contributed by atoms with Crippen LogP contribution in [0.2, 0.25) is 0 Å². The third-order valence-corrected chi connectivity index (χ3v) is 2.72. The van der Waals surface area contributed by atoms with Gasteiger partial charge in [0.25, 0.3) is 0 Å². The maximum absolute atomic E-state index is 11.4. The number of hydrazine groups is 1. The Kier molecular flexibility index (Phi) is 3.24. The zero-order valence-electron chi connectivity index (χ0n) is 8.49. The van der Waals surface area contributed by atoms with E-state index in [1.807, 2.05) is 27.7 Å². The molecule has 0 aromatic carbocycles. The lowest BCUT2D eigenvalue weighted by molar-refractivity contribution is -0.132. The Morgan fingerprint density at radius 2 is 1.67 bits per heavy atom. The van der Waals surface area contributed by atoms with E-state index < -0.39 is 11.0 Å². The Hall–Kier alpha value is -0.610. The number of nitrogens with one attached hydrogen (secondary N) is 2. The molecule has 0 aromatic rings. The van der Waals surface area contributed by atoms with E-state index in [9.17, 15) is 4.79 Å². The molecule has 0 aliphatic rings. The lowest BCUT2D eigenvalue weighted by Crippen LogP contribution is -2.59. The van der Waals surface area contributed by atoms with Crippen molar-refractivity contribution in [3.05, 3.63) is 0 Å². The predicted octanol–water partition coefficient (Wildman–Crippen LogP) is 0.000500. The third-order valence-electron chi connectivity index (χ3n) is 2.72. The van der Waals surface area contributed by atoms with Gasteiger partial charge in [0, 0.05) is 12.6 Å². The molecule has 0 rings (SSSR count). The van der Waals surface area contributed by atoms with E-state index in [0.717, 1.165) is 0 Å². The number of carbonyl (C=O) groups is 1. The summed E-state index contributed by atoms with van der Waals surface area (Å²) in [6.45, 7) is 7.49. The first-order valence-corrected chi connectivity index (χ1v) is 3.99. The van der Waals surface area contributed by atoms with Crippen LogP contribution in [0.1, 0.15) is 27.7 Å². The van der Waals surface area contributed by atoms with Gasteiger partial charge in [0.1, 0.15) is 0 Å². The fourth-order valence-electron chi connectivity index (χ4n) is 0.777. The van der Waals surface area contributed by atoms with Crippen LogP contribution in [-0.2, 0) is 4.79 Å². The number of hydrogen-bond acceptors (Lipinski definition) is 3. The Bertz CT molecular complexity index is 175. The number of rotatable bonds is 3. The molecule has 0 aromatic heterocycles. The molecular weight excluding hydrogens is 154 g/mol. The molecule has 0 spiro atoms. The number of hydrogen-bond donors (Lipinski definition) is 3. The smallest absolute Gasteiger partial charge is 0.227 e. The zero-order valence-corrected chi connectivity index (χ0v) is 8.49. The van der Waals surface area contributed by atoms with Crippen molar-refractivity contribution in [1.29, 1.82) is 0 Å². The van der Waals surface area contributed by atoms with Crippen molar-refractivity contribution in [1.82, 2.24) is 10.7 Å². The molecule has 0 saturated carbocycles. The average molecular weight is 173 g/mol. The van der Waals surface area contributed by atoms with E-state index in [-0.39, 0.29) is 5.91 Å². The Balaban J connectivity index is 4.71. The highest BCUT2D eigenvalue weighted by Crippen LogP contribution is 2.29. The van der Waals surface area contributed by atoms with Crippen molar-refractivity contribution in [3.63, 3.8) is 0 Å². The summed E-state index contributed by atoms with van der Waals surface area (Å²) in [4.78, 5) is 11.4. The van der Waals surface area contributed by atoms with E-state index in [1.165, 1.54) is 0 Å². The predicted molar refractivity (Wildman–Crippen MR) is 49.2 cm³/mol. The van der Waals surface area contributed by atoms with Crippen molar-refractivity contribution < 1.29 is 4.79 Å². The van der Waals surface area contributed by atoms with E-state index >= 15 is 0 Å². The van der Waals surface area contributed by atoms with Gasteiger partial charge in [-0.25, -0.2) is 0 Å². The van der Waals surface area contributed by atoms with Crippen LogP contribution in [0, 0.1) is 5.41 Å². The second-order valence-corrected chi connectivity index (χ2v) is 3.97. The normalized spacial score (nSPS) is 12.8. The average Bonchev–Trinajstić information content (AvgIpc) is 2.02. The van der Waals surface area contributed by atoms with Crippen LogP contribution in [-0.4, -0.2) is 18.5 Å². The Labute approximate surface area is 73.9 Å². The van der Waals surface area contributed by atoms with Gasteiger partial charge in [0.2, 0.25) is 5.91 Å². The van der Waals surface area contributed by atoms with Gasteiger partial charge >= 0.3 is 0 Å². The van der Waals surface area contributed by atoms with Crippen molar-refractivity contribution in [3.8, 4) is 0 Å². The first-order chi connectivity index (χ1) is 5.29. The second-order valence-electron chi connectivity index (χ2n) is 3.97. The molecule has 0 bridgehead atoms. The van der Waals surface area contributed by atoms with Gasteiger partial charge in [-0.3, -0.25) is 16.1 Å². The Morgan fingerprint density at radius 1 is 1.25 bits per heavy atom. The van der Waals surface area contributed by atoms with Crippen LogP contribution >= 0.6 is 0 Å². The van der Waals surface area contributed by atoms with E-state index in [2.05, 4.69) is 10.7 Å². The van der Waals surface area contributed by atoms with Gasteiger partial charge < -0.3 is 5.32 Å². The molecule has 1 amide bonds. The van der Waals surface area contributed by atoms with Gasteiger partial charge in [0.15, 0.2) is 0 Å². The molecule has 0 aliphatic heterocycles. The maximum atomic E-state index is 11.4. The van der Waals surface area contributed by atoms with Crippen LogP contribution in [0.5, 0.6) is 0 Å². The molecule has 4 heteroatoms. The van der Waals surface area contributed by atoms with Crippen molar-refractivity contribution in [2.24, 2.45) is 11.3 Å². The molecule has 0 unspecified atom stereocenters. The summed E-state index contributed by atoms with van der Waals surface area (Å²) < 4.78 is 0. The Morgan fingerprint density at radius 3 is 1.92 bits per heavy atom. The maximum Gasteiger partial charge on any atom is 0.227 e. The van der Waals surface area contributed by atoms with Crippen LogP contribution in [0.25, 0.3) is 0 Å². The van der Waals surface area contributed by atoms with Gasteiger partial charge in [-0.1, -0.05) is 0 Å².